The largest absolute Gasteiger partial charge is 0.325 e. The number of anilines is 1. The molecule has 1 N–H and O–H groups in total. The number of rotatable bonds is 4. The lowest BCUT2D eigenvalue weighted by atomic mass is 9.87. The van der Waals surface area contributed by atoms with E-state index in [2.05, 4.69) is 23.3 Å². The van der Waals surface area contributed by atoms with Gasteiger partial charge in [-0.1, -0.05) is 24.8 Å². The van der Waals surface area contributed by atoms with Crippen molar-refractivity contribution in [3.8, 4) is 6.07 Å². The van der Waals surface area contributed by atoms with Crippen LogP contribution in [-0.4, -0.2) is 16.6 Å². The van der Waals surface area contributed by atoms with E-state index in [1.54, 1.807) is 6.07 Å². The van der Waals surface area contributed by atoms with E-state index < -0.39 is 5.82 Å². The number of aromatic nitrogens is 1. The molecule has 1 heterocycles. The number of nitriles is 1. The molecule has 0 radical (unpaired) electrons. The standard InChI is InChI=1S/C19H18FN3OS/c1-12-5-6-17-13(7-12)8-14(10-21)19(23-17)25-11-18(24)22-16-4-2-3-15(20)9-16/h2-4,8-9,12H,5-7,11H2,1H3,(H,22,24). The molecule has 0 aliphatic heterocycles. The van der Waals surface area contributed by atoms with Gasteiger partial charge in [0.15, 0.2) is 0 Å². The lowest BCUT2D eigenvalue weighted by molar-refractivity contribution is -0.113. The average Bonchev–Trinajstić information content (AvgIpc) is 2.59. The quantitative estimate of drug-likeness (QED) is 0.844. The fraction of sp³-hybridized carbons (Fsp3) is 0.316. The third-order valence-electron chi connectivity index (χ3n) is 4.17. The van der Waals surface area contributed by atoms with Crippen LogP contribution in [0.5, 0.6) is 0 Å². The summed E-state index contributed by atoms with van der Waals surface area (Å²) < 4.78 is 13.2. The lowest BCUT2D eigenvalue weighted by Crippen LogP contribution is -2.16. The highest BCUT2D eigenvalue weighted by molar-refractivity contribution is 8.00. The Kier molecular flexibility index (Phi) is 5.34. The third kappa shape index (κ3) is 4.37. The maximum Gasteiger partial charge on any atom is 0.234 e. The van der Waals surface area contributed by atoms with Gasteiger partial charge in [0, 0.05) is 11.4 Å². The van der Waals surface area contributed by atoms with Gasteiger partial charge in [0.2, 0.25) is 5.91 Å². The molecule has 1 aliphatic rings. The molecule has 3 rings (SSSR count). The molecule has 2 aromatic rings. The van der Waals surface area contributed by atoms with Gasteiger partial charge in [0.25, 0.3) is 0 Å². The van der Waals surface area contributed by atoms with Crippen molar-refractivity contribution in [2.24, 2.45) is 5.92 Å². The van der Waals surface area contributed by atoms with E-state index in [-0.39, 0.29) is 11.7 Å². The Hall–Kier alpha value is -2.39. The second kappa shape index (κ2) is 7.66. The molecule has 0 fully saturated rings. The van der Waals surface area contributed by atoms with Crippen molar-refractivity contribution < 1.29 is 9.18 Å². The first-order valence-corrected chi connectivity index (χ1v) is 9.15. The summed E-state index contributed by atoms with van der Waals surface area (Å²) in [4.78, 5) is 16.7. The number of halogens is 1. The number of pyridine rings is 1. The van der Waals surface area contributed by atoms with Crippen molar-refractivity contribution in [2.45, 2.75) is 31.2 Å². The molecule has 4 nitrogen and oxygen atoms in total. The van der Waals surface area contributed by atoms with Crippen LogP contribution in [0, 0.1) is 23.1 Å². The van der Waals surface area contributed by atoms with Gasteiger partial charge in [0.1, 0.15) is 16.9 Å². The fourth-order valence-corrected chi connectivity index (χ4v) is 3.69. The number of carbonyl (C=O) groups is 1. The highest BCUT2D eigenvalue weighted by Gasteiger charge is 2.19. The van der Waals surface area contributed by atoms with E-state index in [1.165, 1.54) is 30.0 Å². The maximum atomic E-state index is 13.2. The molecule has 6 heteroatoms. The Morgan fingerprint density at radius 1 is 1.48 bits per heavy atom. The van der Waals surface area contributed by atoms with Crippen molar-refractivity contribution in [1.82, 2.24) is 4.98 Å². The van der Waals surface area contributed by atoms with Gasteiger partial charge in [-0.25, -0.2) is 9.37 Å². The molecule has 25 heavy (non-hydrogen) atoms. The predicted molar refractivity (Wildman–Crippen MR) is 95.9 cm³/mol. The van der Waals surface area contributed by atoms with Gasteiger partial charge < -0.3 is 5.32 Å². The minimum Gasteiger partial charge on any atom is -0.325 e. The predicted octanol–water partition coefficient (Wildman–Crippen LogP) is 3.95. The van der Waals surface area contributed by atoms with Gasteiger partial charge >= 0.3 is 0 Å². The normalized spacial score (nSPS) is 16.0. The van der Waals surface area contributed by atoms with E-state index in [9.17, 15) is 14.4 Å². The number of nitrogens with zero attached hydrogens (tertiary/aromatic N) is 2. The molecule has 128 valence electrons. The summed E-state index contributed by atoms with van der Waals surface area (Å²) in [5, 5.41) is 12.6. The van der Waals surface area contributed by atoms with Crippen LogP contribution in [0.25, 0.3) is 0 Å². The Balaban J connectivity index is 1.68. The SMILES string of the molecule is CC1CCc2nc(SCC(=O)Nc3cccc(F)c3)c(C#N)cc2C1. The number of fused-ring (bicyclic) bond motifs is 1. The van der Waals surface area contributed by atoms with Crippen molar-refractivity contribution in [3.63, 3.8) is 0 Å². The first-order chi connectivity index (χ1) is 12.0. The zero-order valence-electron chi connectivity index (χ0n) is 13.9. The topological polar surface area (TPSA) is 65.8 Å². The summed E-state index contributed by atoms with van der Waals surface area (Å²) in [5.74, 6) is 0.0692. The Morgan fingerprint density at radius 2 is 2.32 bits per heavy atom. The van der Waals surface area contributed by atoms with E-state index in [0.29, 0.717) is 22.2 Å². The zero-order chi connectivity index (χ0) is 17.8. The fourth-order valence-electron chi connectivity index (χ4n) is 2.92. The second-order valence-corrected chi connectivity index (χ2v) is 7.22. The van der Waals surface area contributed by atoms with Crippen LogP contribution >= 0.6 is 11.8 Å². The van der Waals surface area contributed by atoms with Crippen molar-refractivity contribution >= 4 is 23.4 Å². The minimum atomic E-state index is -0.400. The van der Waals surface area contributed by atoms with Gasteiger partial charge in [-0.15, -0.1) is 0 Å². The van der Waals surface area contributed by atoms with Gasteiger partial charge in [0.05, 0.1) is 11.3 Å². The van der Waals surface area contributed by atoms with E-state index in [4.69, 9.17) is 0 Å². The Labute approximate surface area is 150 Å². The van der Waals surface area contributed by atoms with Crippen LogP contribution in [-0.2, 0) is 17.6 Å². The highest BCUT2D eigenvalue weighted by Crippen LogP contribution is 2.29. The molecule has 1 aliphatic carbocycles. The summed E-state index contributed by atoms with van der Waals surface area (Å²) >= 11 is 1.24. The Bertz CT molecular complexity index is 847. The number of hydrogen-bond acceptors (Lipinski definition) is 4. The molecule has 1 atom stereocenters. The van der Waals surface area contributed by atoms with Gasteiger partial charge in [-0.3, -0.25) is 4.79 Å². The monoisotopic (exact) mass is 355 g/mol. The number of benzene rings is 1. The number of nitrogens with one attached hydrogen (secondary N) is 1. The van der Waals surface area contributed by atoms with Crippen molar-refractivity contribution in [2.75, 3.05) is 11.1 Å². The van der Waals surface area contributed by atoms with Crippen LogP contribution in [0.4, 0.5) is 10.1 Å². The number of carbonyl (C=O) groups excluding carboxylic acids is 1. The van der Waals surface area contributed by atoms with E-state index >= 15 is 0 Å². The molecular formula is C19H18FN3OS. The molecule has 1 aromatic carbocycles. The minimum absolute atomic E-state index is 0.118. The smallest absolute Gasteiger partial charge is 0.234 e. The first kappa shape index (κ1) is 17.4. The van der Waals surface area contributed by atoms with Crippen molar-refractivity contribution in [1.29, 1.82) is 5.26 Å². The maximum absolute atomic E-state index is 13.2. The number of aryl methyl sites for hydroxylation is 1. The molecule has 1 unspecified atom stereocenters. The molecular weight excluding hydrogens is 337 g/mol. The number of amides is 1. The molecule has 0 saturated heterocycles. The summed E-state index contributed by atoms with van der Waals surface area (Å²) in [6.45, 7) is 2.20. The zero-order valence-corrected chi connectivity index (χ0v) is 14.7. The summed E-state index contributed by atoms with van der Waals surface area (Å²) in [5.41, 5.74) is 3.10. The van der Waals surface area contributed by atoms with Crippen LogP contribution in [0.3, 0.4) is 0 Å². The lowest BCUT2D eigenvalue weighted by Gasteiger charge is -2.21. The summed E-state index contributed by atoms with van der Waals surface area (Å²) in [7, 11) is 0. The molecule has 0 spiro atoms. The highest BCUT2D eigenvalue weighted by atomic mass is 32.2. The third-order valence-corrected chi connectivity index (χ3v) is 5.16. The molecule has 1 amide bonds. The van der Waals surface area contributed by atoms with Crippen molar-refractivity contribution in [3.05, 3.63) is 53.0 Å². The molecule has 0 saturated carbocycles. The number of thioether (sulfide) groups is 1. The van der Waals surface area contributed by atoms with E-state index in [0.717, 1.165) is 30.5 Å². The Morgan fingerprint density at radius 3 is 3.08 bits per heavy atom. The summed E-state index contributed by atoms with van der Waals surface area (Å²) in [6.07, 6.45) is 2.95. The first-order valence-electron chi connectivity index (χ1n) is 8.16. The molecule has 0 bridgehead atoms. The van der Waals surface area contributed by atoms with Crippen LogP contribution in [0.15, 0.2) is 35.4 Å². The van der Waals surface area contributed by atoms with Gasteiger partial charge in [-0.05, 0) is 55.0 Å². The van der Waals surface area contributed by atoms with E-state index in [1.807, 2.05) is 6.07 Å². The summed E-state index contributed by atoms with van der Waals surface area (Å²) in [6, 6.07) is 9.84. The second-order valence-electron chi connectivity index (χ2n) is 6.25. The van der Waals surface area contributed by atoms with Crippen LogP contribution in [0.1, 0.15) is 30.2 Å². The average molecular weight is 355 g/mol. The van der Waals surface area contributed by atoms with Crippen LogP contribution in [0.2, 0.25) is 0 Å². The van der Waals surface area contributed by atoms with Gasteiger partial charge in [-0.2, -0.15) is 5.26 Å². The van der Waals surface area contributed by atoms with Crippen LogP contribution < -0.4 is 5.32 Å². The number of hydrogen-bond donors (Lipinski definition) is 1. The molecule has 1 aromatic heterocycles.